The number of hydrogen-bond donors (Lipinski definition) is 1. The number of ether oxygens (including phenoxy) is 1. The molecule has 3 heterocycles. The highest BCUT2D eigenvalue weighted by Gasteiger charge is 2.43. The number of aryl methyl sites for hydroxylation is 2. The second-order valence-corrected chi connectivity index (χ2v) is 9.27. The van der Waals surface area contributed by atoms with Crippen molar-refractivity contribution in [2.24, 2.45) is 11.8 Å². The van der Waals surface area contributed by atoms with Crippen molar-refractivity contribution in [2.75, 3.05) is 23.3 Å². The number of benzene rings is 1. The van der Waals surface area contributed by atoms with Crippen LogP contribution in [0.2, 0.25) is 5.02 Å². The van der Waals surface area contributed by atoms with Gasteiger partial charge < -0.3 is 15.0 Å². The van der Waals surface area contributed by atoms with Gasteiger partial charge in [-0.1, -0.05) is 18.5 Å². The van der Waals surface area contributed by atoms with Gasteiger partial charge in [-0.25, -0.2) is 19.0 Å². The van der Waals surface area contributed by atoms with Crippen LogP contribution in [0.4, 0.5) is 16.2 Å². The first kappa shape index (κ1) is 21.9. The molecule has 3 atom stereocenters. The summed E-state index contributed by atoms with van der Waals surface area (Å²) in [7, 11) is 0. The van der Waals surface area contributed by atoms with Crippen LogP contribution in [0.1, 0.15) is 31.9 Å². The molecular weight excluding hydrogens is 445 g/mol. The molecule has 5 rings (SSSR count). The van der Waals surface area contributed by atoms with Crippen molar-refractivity contribution in [3.8, 4) is 11.8 Å². The lowest BCUT2D eigenvalue weighted by Gasteiger charge is -2.38. The van der Waals surface area contributed by atoms with Crippen LogP contribution in [-0.4, -0.2) is 43.9 Å². The van der Waals surface area contributed by atoms with Crippen molar-refractivity contribution in [3.63, 3.8) is 0 Å². The molecule has 10 heteroatoms. The Hall–Kier alpha value is -2.94. The van der Waals surface area contributed by atoms with Crippen molar-refractivity contribution in [1.82, 2.24) is 24.7 Å². The Morgan fingerprint density at radius 1 is 1.15 bits per heavy atom. The molecule has 2 fully saturated rings. The molecule has 1 aromatic carbocycles. The summed E-state index contributed by atoms with van der Waals surface area (Å²) in [5.74, 6) is 2.32. The normalized spacial score (nSPS) is 21.9. The molecule has 174 valence electrons. The third-order valence-corrected chi connectivity index (χ3v) is 6.58. The van der Waals surface area contributed by atoms with Gasteiger partial charge in [0.25, 0.3) is 0 Å². The Morgan fingerprint density at radius 3 is 2.64 bits per heavy atom. The number of aromatic nitrogens is 5. The van der Waals surface area contributed by atoms with Gasteiger partial charge in [0, 0.05) is 48.5 Å². The van der Waals surface area contributed by atoms with Gasteiger partial charge in [-0.2, -0.15) is 4.98 Å². The lowest BCUT2D eigenvalue weighted by molar-refractivity contribution is 0.374. The van der Waals surface area contributed by atoms with E-state index in [0.29, 0.717) is 36.1 Å². The van der Waals surface area contributed by atoms with E-state index in [1.165, 1.54) is 12.1 Å². The van der Waals surface area contributed by atoms with Gasteiger partial charge in [0.2, 0.25) is 5.95 Å². The maximum absolute atomic E-state index is 13.7. The zero-order valence-corrected chi connectivity index (χ0v) is 19.5. The van der Waals surface area contributed by atoms with E-state index in [2.05, 4.69) is 37.2 Å². The molecule has 1 saturated heterocycles. The number of rotatable bonds is 7. The summed E-state index contributed by atoms with van der Waals surface area (Å²) >= 11 is 5.97. The number of hydrogen-bond acceptors (Lipinski definition) is 7. The Balaban J connectivity index is 1.32. The summed E-state index contributed by atoms with van der Waals surface area (Å²) in [5.41, 5.74) is 0.977. The Bertz CT molecular complexity index is 1110. The quantitative estimate of drug-likeness (QED) is 0.535. The molecule has 2 aliphatic rings. The number of halogens is 2. The first-order chi connectivity index (χ1) is 16.0. The molecule has 0 radical (unpaired) electrons. The summed E-state index contributed by atoms with van der Waals surface area (Å²) < 4.78 is 21.3. The molecule has 8 nitrogen and oxygen atoms in total. The van der Waals surface area contributed by atoms with Gasteiger partial charge in [0.15, 0.2) is 0 Å². The van der Waals surface area contributed by atoms with Crippen LogP contribution in [0.15, 0.2) is 30.6 Å². The van der Waals surface area contributed by atoms with Crippen molar-refractivity contribution < 1.29 is 9.13 Å². The van der Waals surface area contributed by atoms with Gasteiger partial charge in [0.05, 0.1) is 0 Å². The van der Waals surface area contributed by atoms with E-state index in [0.717, 1.165) is 43.9 Å². The SMILES string of the molecule is CCCn1nc(N[C@@H]2[C@@H]3CC[C@H]2CN(c2cc(C)ncn2)C3)nc1Oc1cc(F)cc(Cl)c1. The lowest BCUT2D eigenvalue weighted by Crippen LogP contribution is -2.48. The third kappa shape index (κ3) is 4.73. The number of anilines is 2. The predicted molar refractivity (Wildman–Crippen MR) is 124 cm³/mol. The van der Waals surface area contributed by atoms with Crippen LogP contribution >= 0.6 is 11.6 Å². The van der Waals surface area contributed by atoms with Crippen LogP contribution in [0, 0.1) is 24.6 Å². The maximum Gasteiger partial charge on any atom is 0.322 e. The van der Waals surface area contributed by atoms with Gasteiger partial charge in [-0.15, -0.1) is 5.10 Å². The van der Waals surface area contributed by atoms with Crippen molar-refractivity contribution in [3.05, 3.63) is 47.1 Å². The fourth-order valence-electron chi connectivity index (χ4n) is 4.92. The van der Waals surface area contributed by atoms with E-state index in [4.69, 9.17) is 16.3 Å². The first-order valence-corrected chi connectivity index (χ1v) is 11.7. The molecule has 0 spiro atoms. The second kappa shape index (κ2) is 9.13. The maximum atomic E-state index is 13.7. The predicted octanol–water partition coefficient (Wildman–Crippen LogP) is 4.70. The second-order valence-electron chi connectivity index (χ2n) is 8.84. The van der Waals surface area contributed by atoms with Crippen LogP contribution in [0.3, 0.4) is 0 Å². The Labute approximate surface area is 197 Å². The van der Waals surface area contributed by atoms with E-state index in [1.807, 2.05) is 13.0 Å². The third-order valence-electron chi connectivity index (χ3n) is 6.36. The van der Waals surface area contributed by atoms with Gasteiger partial charge in [-0.3, -0.25) is 0 Å². The monoisotopic (exact) mass is 471 g/mol. The molecule has 2 aromatic heterocycles. The van der Waals surface area contributed by atoms with Crippen LogP contribution in [0.5, 0.6) is 11.8 Å². The van der Waals surface area contributed by atoms with Gasteiger partial charge in [-0.05, 0) is 50.2 Å². The zero-order valence-electron chi connectivity index (χ0n) is 18.7. The van der Waals surface area contributed by atoms with Crippen molar-refractivity contribution >= 4 is 23.4 Å². The summed E-state index contributed by atoms with van der Waals surface area (Å²) in [4.78, 5) is 15.6. The topological polar surface area (TPSA) is 81.0 Å². The Morgan fingerprint density at radius 2 is 1.94 bits per heavy atom. The standard InChI is InChI=1S/C23H27ClFN7O/c1-3-6-32-23(33-19-9-17(24)8-18(25)10-19)29-22(30-32)28-21-15-4-5-16(21)12-31(11-15)20-7-14(2)26-13-27-20/h7-10,13,15-16,21H,3-6,11-12H2,1-2H3,(H,28,30)/t15-,16+,21-. The molecular formula is C23H27ClFN7O. The molecule has 1 N–H and O–H groups in total. The highest BCUT2D eigenvalue weighted by Crippen LogP contribution is 2.40. The van der Waals surface area contributed by atoms with Gasteiger partial charge in [0.1, 0.15) is 23.7 Å². The van der Waals surface area contributed by atoms with Crippen LogP contribution < -0.4 is 15.0 Å². The van der Waals surface area contributed by atoms with E-state index in [1.54, 1.807) is 17.1 Å². The summed E-state index contributed by atoms with van der Waals surface area (Å²) in [6, 6.07) is 6.75. The fraction of sp³-hybridized carbons (Fsp3) is 0.478. The van der Waals surface area contributed by atoms with E-state index in [-0.39, 0.29) is 11.1 Å². The first-order valence-electron chi connectivity index (χ1n) is 11.4. The summed E-state index contributed by atoms with van der Waals surface area (Å²) in [6.45, 7) is 6.56. The van der Waals surface area contributed by atoms with Crippen LogP contribution in [-0.2, 0) is 6.54 Å². The number of piperidine rings is 1. The van der Waals surface area contributed by atoms with Gasteiger partial charge >= 0.3 is 6.01 Å². The number of nitrogens with one attached hydrogen (secondary N) is 1. The van der Waals surface area contributed by atoms with Crippen molar-refractivity contribution in [1.29, 1.82) is 0 Å². The van der Waals surface area contributed by atoms with Crippen LogP contribution in [0.25, 0.3) is 0 Å². The molecule has 3 aromatic rings. The minimum Gasteiger partial charge on any atom is -0.424 e. The molecule has 2 bridgehead atoms. The van der Waals surface area contributed by atoms with E-state index < -0.39 is 5.82 Å². The Kier molecular flexibility index (Phi) is 6.05. The summed E-state index contributed by atoms with van der Waals surface area (Å²) in [6.07, 6.45) is 4.81. The molecule has 33 heavy (non-hydrogen) atoms. The molecule has 1 aliphatic carbocycles. The lowest BCUT2D eigenvalue weighted by atomic mass is 9.92. The highest BCUT2D eigenvalue weighted by atomic mass is 35.5. The summed E-state index contributed by atoms with van der Waals surface area (Å²) in [5, 5.41) is 8.47. The molecule has 1 aliphatic heterocycles. The average molecular weight is 472 g/mol. The molecule has 0 unspecified atom stereocenters. The molecule has 1 saturated carbocycles. The fourth-order valence-corrected chi connectivity index (χ4v) is 5.13. The minimum atomic E-state index is -0.459. The van der Waals surface area contributed by atoms with E-state index >= 15 is 0 Å². The van der Waals surface area contributed by atoms with Crippen molar-refractivity contribution in [2.45, 2.75) is 45.7 Å². The molecule has 0 amide bonds. The van der Waals surface area contributed by atoms with E-state index in [9.17, 15) is 4.39 Å². The minimum absolute atomic E-state index is 0.270. The average Bonchev–Trinajstić information content (AvgIpc) is 3.22. The number of nitrogens with zero attached hydrogens (tertiary/aromatic N) is 6. The highest BCUT2D eigenvalue weighted by molar-refractivity contribution is 6.30. The smallest absolute Gasteiger partial charge is 0.322 e. The number of fused-ring (bicyclic) bond motifs is 2. The largest absolute Gasteiger partial charge is 0.424 e. The zero-order chi connectivity index (χ0) is 22.9.